The Morgan fingerprint density at radius 2 is 1.63 bits per heavy atom. The molecule has 10 heteroatoms. The van der Waals surface area contributed by atoms with E-state index in [1.54, 1.807) is 32.2 Å². The average molecular weight is 667 g/mol. The van der Waals surface area contributed by atoms with Gasteiger partial charge in [-0.25, -0.2) is 4.79 Å². The summed E-state index contributed by atoms with van der Waals surface area (Å²) in [5, 5.41) is 29.5. The topological polar surface area (TPSA) is 132 Å². The van der Waals surface area contributed by atoms with Crippen molar-refractivity contribution in [2.45, 2.75) is 51.9 Å². The third kappa shape index (κ3) is 9.82. The van der Waals surface area contributed by atoms with Gasteiger partial charge in [0.15, 0.2) is 0 Å². The molecule has 5 rings (SSSR count). The first-order chi connectivity index (χ1) is 23.7. The van der Waals surface area contributed by atoms with Crippen molar-refractivity contribution in [2.75, 3.05) is 43.9 Å². The number of carbonyl (C=O) groups is 2. The van der Waals surface area contributed by atoms with Crippen molar-refractivity contribution in [1.82, 2.24) is 10.2 Å². The number of phenolic OH excluding ortho intramolecular Hbond substituents is 1. The number of amides is 2. The highest BCUT2D eigenvalue weighted by atomic mass is 16.6. The van der Waals surface area contributed by atoms with E-state index in [2.05, 4.69) is 20.9 Å². The first-order valence-electron chi connectivity index (χ1n) is 16.7. The Labute approximate surface area is 288 Å². The predicted molar refractivity (Wildman–Crippen MR) is 192 cm³/mol. The quantitative estimate of drug-likeness (QED) is 0.109. The lowest BCUT2D eigenvalue weighted by atomic mass is 10.0. The molecule has 0 radical (unpaired) electrons. The summed E-state index contributed by atoms with van der Waals surface area (Å²) in [6.07, 6.45) is 0.366. The molecule has 0 spiro atoms. The van der Waals surface area contributed by atoms with Crippen molar-refractivity contribution >= 4 is 23.4 Å². The van der Waals surface area contributed by atoms with Gasteiger partial charge in [-0.1, -0.05) is 54.6 Å². The summed E-state index contributed by atoms with van der Waals surface area (Å²) in [6, 6.07) is 26.5. The maximum absolute atomic E-state index is 12.9. The number of rotatable bonds is 13. The molecule has 0 bridgehead atoms. The molecule has 1 fully saturated rings. The van der Waals surface area contributed by atoms with E-state index in [4.69, 9.17) is 9.47 Å². The van der Waals surface area contributed by atoms with Crippen LogP contribution < -0.4 is 20.7 Å². The monoisotopic (exact) mass is 666 g/mol. The van der Waals surface area contributed by atoms with Crippen LogP contribution >= 0.6 is 0 Å². The Bertz CT molecular complexity index is 1720. The molecule has 1 atom stereocenters. The molecule has 0 aliphatic carbocycles. The smallest absolute Gasteiger partial charge is 0.411 e. The molecule has 4 aromatic rings. The van der Waals surface area contributed by atoms with Crippen molar-refractivity contribution in [3.8, 4) is 22.6 Å². The number of aliphatic hydroxyl groups is 1. The van der Waals surface area contributed by atoms with Crippen molar-refractivity contribution in [3.63, 3.8) is 0 Å². The molecule has 49 heavy (non-hydrogen) atoms. The van der Waals surface area contributed by atoms with Crippen LogP contribution in [0.5, 0.6) is 11.5 Å². The molecule has 5 N–H and O–H groups in total. The van der Waals surface area contributed by atoms with Gasteiger partial charge < -0.3 is 35.2 Å². The van der Waals surface area contributed by atoms with Gasteiger partial charge in [-0.05, 0) is 73.2 Å². The summed E-state index contributed by atoms with van der Waals surface area (Å²) in [4.78, 5) is 27.9. The fourth-order valence-electron chi connectivity index (χ4n) is 6.03. The van der Waals surface area contributed by atoms with Crippen LogP contribution in [0.2, 0.25) is 0 Å². The average Bonchev–Trinajstić information content (AvgIpc) is 3.10. The van der Waals surface area contributed by atoms with Crippen LogP contribution in [0.4, 0.5) is 16.2 Å². The number of phenols is 1. The summed E-state index contributed by atoms with van der Waals surface area (Å²) in [7, 11) is 1.59. The van der Waals surface area contributed by atoms with E-state index >= 15 is 0 Å². The van der Waals surface area contributed by atoms with Crippen LogP contribution in [0.15, 0.2) is 84.9 Å². The van der Waals surface area contributed by atoms with Crippen molar-refractivity contribution in [3.05, 3.63) is 107 Å². The molecule has 0 unspecified atom stereocenters. The molecule has 1 aliphatic rings. The number of piperidine rings is 1. The van der Waals surface area contributed by atoms with Gasteiger partial charge in [0.1, 0.15) is 17.6 Å². The predicted octanol–water partition coefficient (Wildman–Crippen LogP) is 6.55. The van der Waals surface area contributed by atoms with Crippen molar-refractivity contribution in [1.29, 1.82) is 0 Å². The number of aliphatic hydroxyl groups excluding tert-OH is 1. The van der Waals surface area contributed by atoms with E-state index in [0.717, 1.165) is 40.9 Å². The standard InChI is InChI=1S/C39H46N4O6/c1-26-21-30(24-40-25-36(45)29-13-14-35(44)27(2)22-29)37(48-3)23-34(26)41-38(46)17-20-43-18-15-31(16-19-43)49-39(47)42-33-12-8-7-11-32(33)28-9-5-4-6-10-28/h4-14,21-23,31,36,40,44-45H,15-20,24-25H2,1-3H3,(H,41,46)(H,42,47)/t36-/m0/s1. The highest BCUT2D eigenvalue weighted by Crippen LogP contribution is 2.29. The van der Waals surface area contributed by atoms with Gasteiger partial charge in [0, 0.05) is 62.0 Å². The second-order valence-electron chi connectivity index (χ2n) is 12.5. The van der Waals surface area contributed by atoms with Crippen molar-refractivity contribution < 1.29 is 29.3 Å². The maximum atomic E-state index is 12.9. The number of methoxy groups -OCH3 is 1. The van der Waals surface area contributed by atoms with E-state index in [-0.39, 0.29) is 17.8 Å². The van der Waals surface area contributed by atoms with Crippen LogP contribution in [0, 0.1) is 13.8 Å². The van der Waals surface area contributed by atoms with Gasteiger partial charge in [0.2, 0.25) is 5.91 Å². The number of benzene rings is 4. The third-order valence-corrected chi connectivity index (χ3v) is 8.87. The molecular weight excluding hydrogens is 620 g/mol. The Kier molecular flexibility index (Phi) is 12.3. The Balaban J connectivity index is 1.04. The zero-order chi connectivity index (χ0) is 34.8. The van der Waals surface area contributed by atoms with Gasteiger partial charge in [-0.15, -0.1) is 0 Å². The Morgan fingerprint density at radius 1 is 0.898 bits per heavy atom. The number of hydrogen-bond donors (Lipinski definition) is 5. The Morgan fingerprint density at radius 3 is 2.37 bits per heavy atom. The lowest BCUT2D eigenvalue weighted by molar-refractivity contribution is -0.116. The number of hydrogen-bond acceptors (Lipinski definition) is 8. The van der Waals surface area contributed by atoms with Crippen LogP contribution in [-0.2, 0) is 16.1 Å². The summed E-state index contributed by atoms with van der Waals surface area (Å²) >= 11 is 0. The first kappa shape index (κ1) is 35.4. The minimum absolute atomic E-state index is 0.0850. The summed E-state index contributed by atoms with van der Waals surface area (Å²) in [6.45, 7) is 6.61. The number of para-hydroxylation sites is 1. The SMILES string of the molecule is COc1cc(NC(=O)CCN2CCC(OC(=O)Nc3ccccc3-c3ccccc3)CC2)c(C)cc1CNC[C@H](O)c1ccc(O)c(C)c1. The van der Waals surface area contributed by atoms with Gasteiger partial charge in [-0.2, -0.15) is 0 Å². The zero-order valence-corrected chi connectivity index (χ0v) is 28.4. The molecule has 4 aromatic carbocycles. The van der Waals surface area contributed by atoms with Gasteiger partial charge >= 0.3 is 6.09 Å². The molecule has 2 amide bonds. The Hall–Kier alpha value is -4.90. The number of anilines is 2. The lowest BCUT2D eigenvalue weighted by Gasteiger charge is -2.31. The molecule has 1 aliphatic heterocycles. The lowest BCUT2D eigenvalue weighted by Crippen LogP contribution is -2.39. The van der Waals surface area contributed by atoms with E-state index in [0.29, 0.717) is 61.6 Å². The van der Waals surface area contributed by atoms with E-state index < -0.39 is 12.2 Å². The fourth-order valence-corrected chi connectivity index (χ4v) is 6.03. The molecular formula is C39H46N4O6. The van der Waals surface area contributed by atoms with Gasteiger partial charge in [0.05, 0.1) is 18.9 Å². The largest absolute Gasteiger partial charge is 0.508 e. The van der Waals surface area contributed by atoms with Crippen LogP contribution in [-0.4, -0.2) is 66.5 Å². The molecule has 10 nitrogen and oxygen atoms in total. The molecule has 1 saturated heterocycles. The normalized spacial score (nSPS) is 14.2. The number of likely N-dealkylation sites (tertiary alicyclic amines) is 1. The minimum Gasteiger partial charge on any atom is -0.508 e. The van der Waals surface area contributed by atoms with Gasteiger partial charge in [-0.3, -0.25) is 10.1 Å². The van der Waals surface area contributed by atoms with E-state index in [1.807, 2.05) is 73.7 Å². The zero-order valence-electron chi connectivity index (χ0n) is 28.4. The minimum atomic E-state index is -0.726. The number of nitrogens with one attached hydrogen (secondary N) is 3. The first-order valence-corrected chi connectivity index (χ1v) is 16.7. The molecule has 0 saturated carbocycles. The molecule has 258 valence electrons. The van der Waals surface area contributed by atoms with E-state index in [9.17, 15) is 19.8 Å². The molecule has 1 heterocycles. The van der Waals surface area contributed by atoms with E-state index in [1.165, 1.54) is 0 Å². The number of aromatic hydroxyl groups is 1. The fraction of sp³-hybridized carbons (Fsp3) is 0.333. The second kappa shape index (κ2) is 17.0. The van der Waals surface area contributed by atoms with Crippen LogP contribution in [0.1, 0.15) is 47.6 Å². The number of carbonyl (C=O) groups excluding carboxylic acids is 2. The van der Waals surface area contributed by atoms with Crippen LogP contribution in [0.3, 0.4) is 0 Å². The number of aryl methyl sites for hydroxylation is 2. The summed E-state index contributed by atoms with van der Waals surface area (Å²) in [5.74, 6) is 0.753. The highest BCUT2D eigenvalue weighted by Gasteiger charge is 2.23. The molecule has 0 aromatic heterocycles. The number of ether oxygens (including phenoxy) is 2. The summed E-state index contributed by atoms with van der Waals surface area (Å²) < 4.78 is 11.4. The maximum Gasteiger partial charge on any atom is 0.411 e. The third-order valence-electron chi connectivity index (χ3n) is 8.87. The highest BCUT2D eigenvalue weighted by molar-refractivity contribution is 5.92. The second-order valence-corrected chi connectivity index (χ2v) is 12.5. The van der Waals surface area contributed by atoms with Gasteiger partial charge in [0.25, 0.3) is 0 Å². The van der Waals surface area contributed by atoms with Crippen LogP contribution in [0.25, 0.3) is 11.1 Å². The number of nitrogens with zero attached hydrogens (tertiary/aromatic N) is 1. The van der Waals surface area contributed by atoms with Crippen molar-refractivity contribution in [2.24, 2.45) is 0 Å². The summed E-state index contributed by atoms with van der Waals surface area (Å²) in [5.41, 5.74) is 6.61.